The van der Waals surface area contributed by atoms with E-state index in [4.69, 9.17) is 16.3 Å². The maximum absolute atomic E-state index is 12.8. The molecule has 10 heteroatoms. The minimum absolute atomic E-state index is 0.0292. The lowest BCUT2D eigenvalue weighted by Gasteiger charge is -2.26. The normalized spacial score (nSPS) is 15.0. The largest absolute Gasteiger partial charge is 0.379 e. The van der Waals surface area contributed by atoms with Crippen molar-refractivity contribution in [1.29, 1.82) is 0 Å². The van der Waals surface area contributed by atoms with Crippen molar-refractivity contribution in [3.8, 4) is 0 Å². The fourth-order valence-corrected chi connectivity index (χ4v) is 4.37. The Morgan fingerprint density at radius 2 is 1.62 bits per heavy atom. The van der Waals surface area contributed by atoms with Crippen LogP contribution in [0.2, 0.25) is 5.02 Å². The van der Waals surface area contributed by atoms with E-state index in [0.717, 1.165) is 5.56 Å². The number of hydrogen-bond donors (Lipinski definition) is 2. The maximum atomic E-state index is 12.8. The Kier molecular flexibility index (Phi) is 6.53. The zero-order valence-corrected chi connectivity index (χ0v) is 17.2. The molecule has 0 unspecified atom stereocenters. The SMILES string of the molecule is Cc1ccccc1NC(=O)C(=O)Nc1cc(S(=O)(=O)N2CCOCC2)ccc1Cl. The van der Waals surface area contributed by atoms with Crippen molar-refractivity contribution in [3.63, 3.8) is 0 Å². The predicted molar refractivity (Wildman–Crippen MR) is 109 cm³/mol. The van der Waals surface area contributed by atoms with Gasteiger partial charge in [-0.25, -0.2) is 8.42 Å². The number of rotatable bonds is 4. The summed E-state index contributed by atoms with van der Waals surface area (Å²) in [5, 5.41) is 5.00. The zero-order valence-electron chi connectivity index (χ0n) is 15.6. The number of carbonyl (C=O) groups is 2. The highest BCUT2D eigenvalue weighted by molar-refractivity contribution is 7.89. The van der Waals surface area contributed by atoms with Gasteiger partial charge in [0.25, 0.3) is 0 Å². The summed E-state index contributed by atoms with van der Waals surface area (Å²) in [4.78, 5) is 24.5. The van der Waals surface area contributed by atoms with Crippen molar-refractivity contribution in [2.24, 2.45) is 0 Å². The number of halogens is 1. The molecule has 0 radical (unpaired) electrons. The van der Waals surface area contributed by atoms with Crippen LogP contribution in [0, 0.1) is 6.92 Å². The van der Waals surface area contributed by atoms with E-state index in [9.17, 15) is 18.0 Å². The molecule has 0 atom stereocenters. The van der Waals surface area contributed by atoms with Gasteiger partial charge in [0.05, 0.1) is 28.8 Å². The summed E-state index contributed by atoms with van der Waals surface area (Å²) in [6, 6.07) is 11.0. The lowest BCUT2D eigenvalue weighted by atomic mass is 10.2. The Morgan fingerprint density at radius 1 is 1.00 bits per heavy atom. The first-order valence-corrected chi connectivity index (χ1v) is 10.7. The Morgan fingerprint density at radius 3 is 2.28 bits per heavy atom. The van der Waals surface area contributed by atoms with Gasteiger partial charge in [-0.15, -0.1) is 0 Å². The van der Waals surface area contributed by atoms with Gasteiger partial charge in [0.1, 0.15) is 0 Å². The van der Waals surface area contributed by atoms with Crippen LogP contribution < -0.4 is 10.6 Å². The van der Waals surface area contributed by atoms with Crippen molar-refractivity contribution in [2.75, 3.05) is 36.9 Å². The molecule has 154 valence electrons. The summed E-state index contributed by atoms with van der Waals surface area (Å²) in [5.74, 6) is -1.85. The van der Waals surface area contributed by atoms with Gasteiger partial charge >= 0.3 is 11.8 Å². The molecule has 29 heavy (non-hydrogen) atoms. The second-order valence-corrected chi connectivity index (χ2v) is 8.73. The van der Waals surface area contributed by atoms with Gasteiger partial charge in [-0.05, 0) is 36.8 Å². The van der Waals surface area contributed by atoms with Crippen LogP contribution in [0.25, 0.3) is 0 Å². The summed E-state index contributed by atoms with van der Waals surface area (Å²) in [6.45, 7) is 2.91. The summed E-state index contributed by atoms with van der Waals surface area (Å²) in [6.07, 6.45) is 0. The maximum Gasteiger partial charge on any atom is 0.314 e. The third-order valence-electron chi connectivity index (χ3n) is 4.39. The topological polar surface area (TPSA) is 105 Å². The number of amides is 2. The highest BCUT2D eigenvalue weighted by Gasteiger charge is 2.27. The van der Waals surface area contributed by atoms with Crippen LogP contribution in [0.5, 0.6) is 0 Å². The quantitative estimate of drug-likeness (QED) is 0.714. The zero-order chi connectivity index (χ0) is 21.0. The van der Waals surface area contributed by atoms with Gasteiger partial charge in [0, 0.05) is 18.8 Å². The van der Waals surface area contributed by atoms with Crippen LogP contribution in [0.15, 0.2) is 47.4 Å². The van der Waals surface area contributed by atoms with Crippen LogP contribution >= 0.6 is 11.6 Å². The van der Waals surface area contributed by atoms with Crippen molar-refractivity contribution < 1.29 is 22.7 Å². The first-order chi connectivity index (χ1) is 13.8. The second kappa shape index (κ2) is 8.91. The van der Waals surface area contributed by atoms with Gasteiger partial charge in [-0.3, -0.25) is 9.59 Å². The van der Waals surface area contributed by atoms with Crippen molar-refractivity contribution in [1.82, 2.24) is 4.31 Å². The Balaban J connectivity index is 1.77. The second-order valence-electron chi connectivity index (χ2n) is 6.38. The summed E-state index contributed by atoms with van der Waals surface area (Å²) in [5.41, 5.74) is 1.33. The molecule has 8 nitrogen and oxygen atoms in total. The standard InChI is InChI=1S/C19H20ClN3O5S/c1-13-4-2-3-5-16(13)21-18(24)19(25)22-17-12-14(6-7-15(17)20)29(26,27)23-8-10-28-11-9-23/h2-7,12H,8-11H2,1H3,(H,21,24)(H,22,25). The van der Waals surface area contributed by atoms with Crippen LogP contribution in [0.4, 0.5) is 11.4 Å². The van der Waals surface area contributed by atoms with Crippen LogP contribution in [-0.4, -0.2) is 50.8 Å². The monoisotopic (exact) mass is 437 g/mol. The summed E-state index contributed by atoms with van der Waals surface area (Å²) in [7, 11) is -3.77. The third-order valence-corrected chi connectivity index (χ3v) is 6.62. The van der Waals surface area contributed by atoms with Crippen LogP contribution in [-0.2, 0) is 24.3 Å². The summed E-state index contributed by atoms with van der Waals surface area (Å²) >= 11 is 6.09. The number of morpholine rings is 1. The van der Waals surface area contributed by atoms with Crippen LogP contribution in [0.3, 0.4) is 0 Å². The molecule has 2 amide bonds. The number of nitrogens with one attached hydrogen (secondary N) is 2. The number of nitrogens with zero attached hydrogens (tertiary/aromatic N) is 1. The molecule has 2 aromatic rings. The number of para-hydroxylation sites is 1. The molecule has 0 aliphatic carbocycles. The van der Waals surface area contributed by atoms with E-state index in [1.165, 1.54) is 22.5 Å². The molecular weight excluding hydrogens is 418 g/mol. The van der Waals surface area contributed by atoms with Gasteiger partial charge in [-0.1, -0.05) is 29.8 Å². The molecule has 1 aliphatic rings. The number of sulfonamides is 1. The number of ether oxygens (including phenoxy) is 1. The van der Waals surface area contributed by atoms with E-state index < -0.39 is 21.8 Å². The average molecular weight is 438 g/mol. The smallest absolute Gasteiger partial charge is 0.314 e. The minimum atomic E-state index is -3.77. The van der Waals surface area contributed by atoms with E-state index in [-0.39, 0.29) is 28.7 Å². The van der Waals surface area contributed by atoms with E-state index in [0.29, 0.717) is 18.9 Å². The number of benzene rings is 2. The molecule has 0 spiro atoms. The Labute approximate surface area is 173 Å². The fourth-order valence-electron chi connectivity index (χ4n) is 2.77. The number of hydrogen-bond acceptors (Lipinski definition) is 5. The van der Waals surface area contributed by atoms with Gasteiger partial charge in [-0.2, -0.15) is 4.31 Å². The van der Waals surface area contributed by atoms with Gasteiger partial charge < -0.3 is 15.4 Å². The van der Waals surface area contributed by atoms with Gasteiger partial charge in [0.15, 0.2) is 0 Å². The van der Waals surface area contributed by atoms with E-state index >= 15 is 0 Å². The molecule has 3 rings (SSSR count). The molecule has 1 fully saturated rings. The first kappa shape index (κ1) is 21.3. The molecule has 2 aromatic carbocycles. The molecule has 1 heterocycles. The highest BCUT2D eigenvalue weighted by atomic mass is 35.5. The van der Waals surface area contributed by atoms with Crippen LogP contribution in [0.1, 0.15) is 5.56 Å². The molecule has 2 N–H and O–H groups in total. The lowest BCUT2D eigenvalue weighted by Crippen LogP contribution is -2.40. The molecular formula is C19H20ClN3O5S. The minimum Gasteiger partial charge on any atom is -0.379 e. The van der Waals surface area contributed by atoms with Gasteiger partial charge in [0.2, 0.25) is 10.0 Å². The number of anilines is 2. The third kappa shape index (κ3) is 4.94. The number of aryl methyl sites for hydroxylation is 1. The highest BCUT2D eigenvalue weighted by Crippen LogP contribution is 2.27. The molecule has 0 bridgehead atoms. The van der Waals surface area contributed by atoms with Crippen molar-refractivity contribution in [3.05, 3.63) is 53.1 Å². The predicted octanol–water partition coefficient (Wildman–Crippen LogP) is 2.25. The van der Waals surface area contributed by atoms with E-state index in [1.54, 1.807) is 25.1 Å². The molecule has 1 saturated heterocycles. The average Bonchev–Trinajstić information content (AvgIpc) is 2.71. The lowest BCUT2D eigenvalue weighted by molar-refractivity contribution is -0.133. The van der Waals surface area contributed by atoms with Crippen molar-refractivity contribution >= 4 is 44.8 Å². The summed E-state index contributed by atoms with van der Waals surface area (Å²) < 4.78 is 32.1. The van der Waals surface area contributed by atoms with E-state index in [1.807, 2.05) is 6.07 Å². The van der Waals surface area contributed by atoms with Crippen molar-refractivity contribution in [2.45, 2.75) is 11.8 Å². The molecule has 0 saturated carbocycles. The number of carbonyl (C=O) groups excluding carboxylic acids is 2. The Bertz CT molecular complexity index is 1040. The molecule has 1 aliphatic heterocycles. The first-order valence-electron chi connectivity index (χ1n) is 8.84. The fraction of sp³-hybridized carbons (Fsp3) is 0.263. The van der Waals surface area contributed by atoms with E-state index in [2.05, 4.69) is 10.6 Å². The Hall–Kier alpha value is -2.46. The molecule has 0 aromatic heterocycles.